The maximum atomic E-state index is 11.2. The summed E-state index contributed by atoms with van der Waals surface area (Å²) in [6, 6.07) is 0. The van der Waals surface area contributed by atoms with Gasteiger partial charge in [-0.3, -0.25) is 4.79 Å². The molecule has 10 heteroatoms. The minimum Gasteiger partial charge on any atom is -0.472 e. The Morgan fingerprint density at radius 1 is 1.79 bits per heavy atom. The van der Waals surface area contributed by atoms with Crippen LogP contribution in [0.4, 0.5) is 0 Å². The van der Waals surface area contributed by atoms with Crippen LogP contribution in [0.2, 0.25) is 0 Å². The van der Waals surface area contributed by atoms with Crippen molar-refractivity contribution >= 4 is 40.2 Å². The van der Waals surface area contributed by atoms with Crippen LogP contribution in [0, 0.1) is 0 Å². The van der Waals surface area contributed by atoms with Crippen LogP contribution in [0.15, 0.2) is 4.79 Å². The predicted molar refractivity (Wildman–Crippen MR) is 59.2 cm³/mol. The van der Waals surface area contributed by atoms with Crippen molar-refractivity contribution in [3.05, 3.63) is 9.67 Å². The number of hydrogen-bond donors (Lipinski definition) is 2. The summed E-state index contributed by atoms with van der Waals surface area (Å²) in [4.78, 5) is 28.6. The molecule has 0 unspecified atom stereocenters. The van der Waals surface area contributed by atoms with E-state index in [1.54, 1.807) is 0 Å². The minimum absolute atomic E-state index is 0.0168. The van der Waals surface area contributed by atoms with Gasteiger partial charge in [-0.2, -0.15) is 0 Å². The summed E-state index contributed by atoms with van der Waals surface area (Å²) in [5, 5.41) is 4.00. The molecular formula is C4H7N2O4PS3. The lowest BCUT2D eigenvalue weighted by molar-refractivity contribution is 0.400. The molecule has 1 rings (SSSR count). The molecule has 2 N–H and O–H groups in total. The maximum absolute atomic E-state index is 11.2. The Kier molecular flexibility index (Phi) is 4.11. The normalized spacial score (nSPS) is 11.6. The molecule has 1 aromatic heterocycles. The first-order valence-electron chi connectivity index (χ1n) is 3.24. The lowest BCUT2D eigenvalue weighted by Crippen LogP contribution is -2.12. The SMILES string of the molecule is COc1nn(CSP(O)(O)=S)c(=O)s1. The van der Waals surface area contributed by atoms with Gasteiger partial charge >= 0.3 is 4.87 Å². The van der Waals surface area contributed by atoms with Gasteiger partial charge in [0.1, 0.15) is 5.88 Å². The van der Waals surface area contributed by atoms with E-state index < -0.39 is 5.69 Å². The predicted octanol–water partition coefficient (Wildman–Crippen LogP) is 0.213. The lowest BCUT2D eigenvalue weighted by atomic mass is 11.2. The van der Waals surface area contributed by atoms with Gasteiger partial charge in [0.2, 0.25) is 5.69 Å². The van der Waals surface area contributed by atoms with Crippen LogP contribution < -0.4 is 9.61 Å². The number of hydrogen-bond acceptors (Lipinski definition) is 6. The van der Waals surface area contributed by atoms with E-state index in [-0.39, 0.29) is 15.9 Å². The largest absolute Gasteiger partial charge is 0.472 e. The highest BCUT2D eigenvalue weighted by atomic mass is 32.9. The second-order valence-electron chi connectivity index (χ2n) is 2.09. The van der Waals surface area contributed by atoms with Crippen molar-refractivity contribution in [3.63, 3.8) is 0 Å². The standard InChI is InChI=1S/C4H7N2O4PS3/c1-10-3-5-6(4(7)14-3)2-13-11(8,9)12/h2H2,1H3,(H2,8,9,12). The van der Waals surface area contributed by atoms with Gasteiger partial charge in [0.15, 0.2) is 0 Å². The Bertz CT molecular complexity index is 409. The molecule has 0 radical (unpaired) electrons. The molecule has 0 amide bonds. The number of ether oxygens (including phenoxy) is 1. The molecule has 0 fully saturated rings. The van der Waals surface area contributed by atoms with Crippen molar-refractivity contribution in [1.29, 1.82) is 0 Å². The van der Waals surface area contributed by atoms with Gasteiger partial charge in [-0.05, 0) is 34.5 Å². The highest BCUT2D eigenvalue weighted by Gasteiger charge is 2.12. The first-order valence-corrected chi connectivity index (χ1v) is 8.36. The van der Waals surface area contributed by atoms with Crippen molar-refractivity contribution < 1.29 is 14.5 Å². The Morgan fingerprint density at radius 2 is 2.43 bits per heavy atom. The van der Waals surface area contributed by atoms with E-state index in [9.17, 15) is 4.79 Å². The van der Waals surface area contributed by atoms with Crippen LogP contribution in [0.3, 0.4) is 0 Å². The van der Waals surface area contributed by atoms with Gasteiger partial charge < -0.3 is 14.5 Å². The molecule has 0 atom stereocenters. The summed E-state index contributed by atoms with van der Waals surface area (Å²) in [6.07, 6.45) is 0. The topological polar surface area (TPSA) is 84.6 Å². The van der Waals surface area contributed by atoms with Crippen LogP contribution in [0.25, 0.3) is 0 Å². The van der Waals surface area contributed by atoms with Crippen LogP contribution in [-0.4, -0.2) is 26.7 Å². The number of nitrogens with zero attached hydrogens (tertiary/aromatic N) is 2. The average molecular weight is 274 g/mol. The van der Waals surface area contributed by atoms with E-state index in [1.165, 1.54) is 7.11 Å². The second-order valence-corrected chi connectivity index (χ2v) is 9.01. The van der Waals surface area contributed by atoms with Crippen LogP contribution in [0.1, 0.15) is 0 Å². The minimum atomic E-state index is -3.34. The Balaban J connectivity index is 2.72. The van der Waals surface area contributed by atoms with Crippen molar-refractivity contribution in [1.82, 2.24) is 9.78 Å². The molecule has 6 nitrogen and oxygen atoms in total. The first kappa shape index (κ1) is 12.2. The molecule has 80 valence electrons. The van der Waals surface area contributed by atoms with Crippen LogP contribution in [0.5, 0.6) is 5.19 Å². The van der Waals surface area contributed by atoms with Crippen molar-refractivity contribution in [2.24, 2.45) is 0 Å². The van der Waals surface area contributed by atoms with Crippen molar-refractivity contribution in [2.45, 2.75) is 5.88 Å². The fourth-order valence-electron chi connectivity index (χ4n) is 0.581. The van der Waals surface area contributed by atoms with E-state index in [1.807, 2.05) is 0 Å². The van der Waals surface area contributed by atoms with Crippen LogP contribution >= 0.6 is 28.4 Å². The average Bonchev–Trinajstić information content (AvgIpc) is 2.42. The summed E-state index contributed by atoms with van der Waals surface area (Å²) >= 11 is 5.93. The third-order valence-corrected chi connectivity index (χ3v) is 4.92. The molecule has 0 spiro atoms. The zero-order chi connectivity index (χ0) is 10.8. The smallest absolute Gasteiger partial charge is 0.329 e. The molecule has 0 saturated heterocycles. The third kappa shape index (κ3) is 3.68. The zero-order valence-electron chi connectivity index (χ0n) is 6.98. The molecule has 14 heavy (non-hydrogen) atoms. The molecule has 0 aromatic carbocycles. The van der Waals surface area contributed by atoms with Crippen molar-refractivity contribution in [3.8, 4) is 5.19 Å². The monoisotopic (exact) mass is 274 g/mol. The molecule has 0 aliphatic rings. The lowest BCUT2D eigenvalue weighted by Gasteiger charge is -2.04. The third-order valence-electron chi connectivity index (χ3n) is 1.11. The van der Waals surface area contributed by atoms with Gasteiger partial charge in [0, 0.05) is 0 Å². The van der Waals surface area contributed by atoms with Crippen LogP contribution in [-0.2, 0) is 17.7 Å². The maximum Gasteiger partial charge on any atom is 0.329 e. The highest BCUT2D eigenvalue weighted by molar-refractivity contribution is 8.66. The highest BCUT2D eigenvalue weighted by Crippen LogP contribution is 2.51. The molecule has 1 heterocycles. The summed E-state index contributed by atoms with van der Waals surface area (Å²) in [5.41, 5.74) is -3.34. The molecule has 1 aromatic rings. The Labute approximate surface area is 92.4 Å². The molecular weight excluding hydrogens is 267 g/mol. The fourth-order valence-corrected chi connectivity index (χ4v) is 2.88. The van der Waals surface area contributed by atoms with Gasteiger partial charge in [-0.1, -0.05) is 0 Å². The van der Waals surface area contributed by atoms with Gasteiger partial charge in [-0.25, -0.2) is 4.68 Å². The van der Waals surface area contributed by atoms with Gasteiger partial charge in [-0.15, -0.1) is 5.10 Å². The molecule has 0 aliphatic heterocycles. The van der Waals surface area contributed by atoms with Gasteiger partial charge in [0.25, 0.3) is 5.19 Å². The number of methoxy groups -OCH3 is 1. The summed E-state index contributed by atoms with van der Waals surface area (Å²) in [6.45, 7) is 0. The Hall–Kier alpha value is 0.0800. The summed E-state index contributed by atoms with van der Waals surface area (Å²) < 4.78 is 5.81. The van der Waals surface area contributed by atoms with Gasteiger partial charge in [0.05, 0.1) is 7.11 Å². The second kappa shape index (κ2) is 4.73. The fraction of sp³-hybridized carbons (Fsp3) is 0.500. The molecule has 0 aliphatic carbocycles. The van der Waals surface area contributed by atoms with E-state index in [0.29, 0.717) is 11.4 Å². The first-order chi connectivity index (χ1) is 6.42. The molecule has 0 bridgehead atoms. The summed E-state index contributed by atoms with van der Waals surface area (Å²) in [5.74, 6) is 0.0168. The summed E-state index contributed by atoms with van der Waals surface area (Å²) in [7, 11) is 1.40. The Morgan fingerprint density at radius 3 is 2.86 bits per heavy atom. The quantitative estimate of drug-likeness (QED) is 0.759. The molecule has 0 saturated carbocycles. The number of aromatic nitrogens is 2. The van der Waals surface area contributed by atoms with Crippen molar-refractivity contribution in [2.75, 3.05) is 7.11 Å². The zero-order valence-corrected chi connectivity index (χ0v) is 10.3. The van der Waals surface area contributed by atoms with E-state index in [4.69, 9.17) is 14.5 Å². The van der Waals surface area contributed by atoms with E-state index in [0.717, 1.165) is 16.0 Å². The number of rotatable bonds is 4. The van der Waals surface area contributed by atoms with E-state index >= 15 is 0 Å². The van der Waals surface area contributed by atoms with E-state index in [2.05, 4.69) is 16.9 Å².